The smallest absolute Gasteiger partial charge is 0.245 e. The highest BCUT2D eigenvalue weighted by molar-refractivity contribution is 7.89. The summed E-state index contributed by atoms with van der Waals surface area (Å²) in [5, 5.41) is 0. The maximum atomic E-state index is 11.8. The Labute approximate surface area is 113 Å². The van der Waals surface area contributed by atoms with Crippen molar-refractivity contribution < 1.29 is 13.2 Å². The van der Waals surface area contributed by atoms with Gasteiger partial charge in [0.05, 0.1) is 6.61 Å². The third kappa shape index (κ3) is 5.54. The molecule has 19 heavy (non-hydrogen) atoms. The van der Waals surface area contributed by atoms with Crippen molar-refractivity contribution in [2.75, 3.05) is 19.8 Å². The van der Waals surface area contributed by atoms with E-state index in [1.54, 1.807) is 0 Å². The fourth-order valence-electron chi connectivity index (χ4n) is 1.36. The Kier molecular flexibility index (Phi) is 6.20. The summed E-state index contributed by atoms with van der Waals surface area (Å²) in [6.07, 6.45) is 3.49. The lowest BCUT2D eigenvalue weighted by molar-refractivity contribution is 0.128. The molecular formula is C12H20N2O4S. The first-order valence-corrected chi connectivity index (χ1v) is 7.66. The molecule has 0 spiro atoms. The Morgan fingerprint density at radius 1 is 1.37 bits per heavy atom. The minimum atomic E-state index is -3.77. The highest BCUT2D eigenvalue weighted by Gasteiger charge is 2.16. The first kappa shape index (κ1) is 15.9. The van der Waals surface area contributed by atoms with Crippen molar-refractivity contribution in [1.29, 1.82) is 0 Å². The van der Waals surface area contributed by atoms with E-state index in [4.69, 9.17) is 4.74 Å². The highest BCUT2D eigenvalue weighted by atomic mass is 32.2. The minimum Gasteiger partial charge on any atom is -0.380 e. The van der Waals surface area contributed by atoms with Crippen LogP contribution < -0.4 is 10.2 Å². The molecule has 0 aliphatic carbocycles. The first-order chi connectivity index (χ1) is 8.93. The van der Waals surface area contributed by atoms with Crippen LogP contribution in [0.3, 0.4) is 0 Å². The zero-order valence-corrected chi connectivity index (χ0v) is 12.0. The Bertz CT molecular complexity index is 537. The first-order valence-electron chi connectivity index (χ1n) is 6.18. The van der Waals surface area contributed by atoms with E-state index in [9.17, 15) is 13.2 Å². The van der Waals surface area contributed by atoms with Crippen LogP contribution in [0, 0.1) is 5.92 Å². The quantitative estimate of drug-likeness (QED) is 0.690. The molecule has 0 atom stereocenters. The normalized spacial score (nSPS) is 11.9. The number of nitrogens with one attached hydrogen (secondary N) is 2. The Balaban J connectivity index is 2.41. The van der Waals surface area contributed by atoms with Gasteiger partial charge in [0.2, 0.25) is 15.5 Å². The molecule has 0 fully saturated rings. The fourth-order valence-corrected chi connectivity index (χ4v) is 2.42. The molecule has 0 aliphatic rings. The van der Waals surface area contributed by atoms with Crippen molar-refractivity contribution in [2.45, 2.75) is 25.2 Å². The summed E-state index contributed by atoms with van der Waals surface area (Å²) in [7, 11) is -3.77. The van der Waals surface area contributed by atoms with E-state index in [2.05, 4.69) is 23.6 Å². The molecule has 7 heteroatoms. The molecule has 0 bridgehead atoms. The van der Waals surface area contributed by atoms with E-state index >= 15 is 0 Å². The van der Waals surface area contributed by atoms with Crippen LogP contribution in [0.15, 0.2) is 28.2 Å². The van der Waals surface area contributed by atoms with Crippen LogP contribution in [0.2, 0.25) is 0 Å². The van der Waals surface area contributed by atoms with Gasteiger partial charge >= 0.3 is 0 Å². The van der Waals surface area contributed by atoms with E-state index < -0.39 is 15.5 Å². The molecule has 0 radical (unpaired) electrons. The predicted molar refractivity (Wildman–Crippen MR) is 72.5 cm³/mol. The van der Waals surface area contributed by atoms with E-state index in [0.29, 0.717) is 12.5 Å². The summed E-state index contributed by atoms with van der Waals surface area (Å²) in [5.41, 5.74) is -0.535. The maximum absolute atomic E-state index is 11.8. The van der Waals surface area contributed by atoms with Gasteiger partial charge in [-0.2, -0.15) is 0 Å². The van der Waals surface area contributed by atoms with Crippen molar-refractivity contribution in [1.82, 2.24) is 9.71 Å². The van der Waals surface area contributed by atoms with Gasteiger partial charge in [0.15, 0.2) is 0 Å². The average Bonchev–Trinajstić information content (AvgIpc) is 2.33. The molecular weight excluding hydrogens is 268 g/mol. The standard InChI is InChI=1S/C12H20N2O4S/c1-10(2)4-7-18-8-6-14-19(16,17)12-9-13-5-3-11(12)15/h3,5,9-10,14H,4,6-8H2,1-2H3,(H,13,15). The van der Waals surface area contributed by atoms with Crippen molar-refractivity contribution in [2.24, 2.45) is 5.92 Å². The summed E-state index contributed by atoms with van der Waals surface area (Å²) < 4.78 is 31.2. The van der Waals surface area contributed by atoms with Crippen LogP contribution in [-0.2, 0) is 14.8 Å². The summed E-state index contributed by atoms with van der Waals surface area (Å²) in [6, 6.07) is 1.17. The van der Waals surface area contributed by atoms with Gasteiger partial charge in [-0.15, -0.1) is 0 Å². The van der Waals surface area contributed by atoms with E-state index in [0.717, 1.165) is 6.42 Å². The van der Waals surface area contributed by atoms with Crippen molar-refractivity contribution in [3.8, 4) is 0 Å². The SMILES string of the molecule is CC(C)CCOCCNS(=O)(=O)c1c[nH]ccc1=O. The largest absolute Gasteiger partial charge is 0.380 e. The summed E-state index contributed by atoms with van der Waals surface area (Å²) >= 11 is 0. The van der Waals surface area contributed by atoms with Crippen LogP contribution in [0.25, 0.3) is 0 Å². The van der Waals surface area contributed by atoms with Gasteiger partial charge in [0.1, 0.15) is 4.90 Å². The zero-order valence-electron chi connectivity index (χ0n) is 11.2. The zero-order chi connectivity index (χ0) is 14.3. The molecule has 0 aliphatic heterocycles. The minimum absolute atomic E-state index is 0.148. The molecule has 0 amide bonds. The number of pyridine rings is 1. The third-order valence-electron chi connectivity index (χ3n) is 2.46. The average molecular weight is 288 g/mol. The number of sulfonamides is 1. The number of hydrogen-bond donors (Lipinski definition) is 2. The number of aromatic nitrogens is 1. The second-order valence-electron chi connectivity index (χ2n) is 4.57. The lowest BCUT2D eigenvalue weighted by Gasteiger charge is -2.08. The lowest BCUT2D eigenvalue weighted by Crippen LogP contribution is -2.31. The van der Waals surface area contributed by atoms with Gasteiger partial charge in [0, 0.05) is 31.6 Å². The van der Waals surface area contributed by atoms with Gasteiger partial charge in [-0.1, -0.05) is 13.8 Å². The molecule has 6 nitrogen and oxygen atoms in total. The Hall–Kier alpha value is -1.18. The summed E-state index contributed by atoms with van der Waals surface area (Å²) in [4.78, 5) is 13.7. The molecule has 1 aromatic heterocycles. The lowest BCUT2D eigenvalue weighted by atomic mass is 10.1. The molecule has 0 saturated heterocycles. The second kappa shape index (κ2) is 7.42. The van der Waals surface area contributed by atoms with Gasteiger partial charge in [-0.25, -0.2) is 13.1 Å². The molecule has 0 saturated carbocycles. The number of H-pyrrole nitrogens is 1. The van der Waals surface area contributed by atoms with Crippen molar-refractivity contribution in [3.63, 3.8) is 0 Å². The number of rotatable bonds is 8. The third-order valence-corrected chi connectivity index (χ3v) is 3.94. The van der Waals surface area contributed by atoms with Gasteiger partial charge in [-0.3, -0.25) is 4.79 Å². The number of hydrogen-bond acceptors (Lipinski definition) is 4. The summed E-state index contributed by atoms with van der Waals surface area (Å²) in [5.74, 6) is 0.555. The molecule has 0 unspecified atom stereocenters. The molecule has 1 rings (SSSR count). The molecule has 1 aromatic rings. The molecule has 2 N–H and O–H groups in total. The van der Waals surface area contributed by atoms with Crippen LogP contribution in [0.5, 0.6) is 0 Å². The van der Waals surface area contributed by atoms with Crippen LogP contribution in [-0.4, -0.2) is 33.2 Å². The topological polar surface area (TPSA) is 88.3 Å². The number of ether oxygens (including phenoxy) is 1. The van der Waals surface area contributed by atoms with E-state index in [-0.39, 0.29) is 18.0 Å². The predicted octanol–water partition coefficient (Wildman–Crippen LogP) is 0.716. The van der Waals surface area contributed by atoms with Crippen LogP contribution in [0.1, 0.15) is 20.3 Å². The maximum Gasteiger partial charge on any atom is 0.245 e. The molecule has 1 heterocycles. The Morgan fingerprint density at radius 3 is 2.74 bits per heavy atom. The highest BCUT2D eigenvalue weighted by Crippen LogP contribution is 2.00. The van der Waals surface area contributed by atoms with Gasteiger partial charge in [0.25, 0.3) is 0 Å². The van der Waals surface area contributed by atoms with E-state index in [1.807, 2.05) is 0 Å². The van der Waals surface area contributed by atoms with E-state index in [1.165, 1.54) is 18.5 Å². The van der Waals surface area contributed by atoms with Crippen LogP contribution >= 0.6 is 0 Å². The second-order valence-corrected chi connectivity index (χ2v) is 6.30. The summed E-state index contributed by atoms with van der Waals surface area (Å²) in [6.45, 7) is 5.22. The van der Waals surface area contributed by atoms with Crippen LogP contribution in [0.4, 0.5) is 0 Å². The number of aromatic amines is 1. The molecule has 108 valence electrons. The van der Waals surface area contributed by atoms with Crippen molar-refractivity contribution in [3.05, 3.63) is 28.7 Å². The Morgan fingerprint density at radius 2 is 2.11 bits per heavy atom. The van der Waals surface area contributed by atoms with Gasteiger partial charge in [-0.05, 0) is 12.3 Å². The monoisotopic (exact) mass is 288 g/mol. The molecule has 0 aromatic carbocycles. The van der Waals surface area contributed by atoms with Gasteiger partial charge < -0.3 is 9.72 Å². The fraction of sp³-hybridized carbons (Fsp3) is 0.583. The van der Waals surface area contributed by atoms with Crippen molar-refractivity contribution >= 4 is 10.0 Å².